The van der Waals surface area contributed by atoms with Crippen LogP contribution >= 0.6 is 0 Å². The number of unbranched alkanes of at least 4 members (excludes halogenated alkanes) is 23. The Morgan fingerprint density at radius 2 is 0.902 bits per heavy atom. The first-order valence-electron chi connectivity index (χ1n) is 22.0. The average molecular weight is 693 g/mol. The fraction of sp³-hybridized carbons (Fsp3) is 0.633. The molecule has 0 saturated heterocycles. The maximum absolute atomic E-state index is 11.7. The van der Waals surface area contributed by atoms with E-state index in [2.05, 4.69) is 87.5 Å². The third-order valence-electron chi connectivity index (χ3n) is 10.8. The van der Waals surface area contributed by atoms with Crippen molar-refractivity contribution in [2.24, 2.45) is 0 Å². The van der Waals surface area contributed by atoms with Crippen LogP contribution in [0.5, 0.6) is 0 Å². The van der Waals surface area contributed by atoms with Gasteiger partial charge in [0.1, 0.15) is 0 Å². The maximum atomic E-state index is 11.7. The van der Waals surface area contributed by atoms with E-state index in [4.69, 9.17) is 0 Å². The van der Waals surface area contributed by atoms with E-state index in [1.807, 2.05) is 0 Å². The van der Waals surface area contributed by atoms with Gasteiger partial charge in [0.25, 0.3) is 0 Å². The quantitative estimate of drug-likeness (QED) is 0.0555. The zero-order valence-corrected chi connectivity index (χ0v) is 33.5. The first-order valence-corrected chi connectivity index (χ1v) is 22.0. The molecule has 0 amide bonds. The van der Waals surface area contributed by atoms with Gasteiger partial charge >= 0.3 is 0 Å². The number of benzene rings is 2. The average Bonchev–Trinajstić information content (AvgIpc) is 3.48. The van der Waals surface area contributed by atoms with Gasteiger partial charge in [-0.25, -0.2) is 4.70 Å². The Bertz CT molecular complexity index is 1310. The second kappa shape index (κ2) is 27.9. The van der Waals surface area contributed by atoms with Crippen LogP contribution in [-0.4, -0.2) is 4.70 Å². The highest BCUT2D eigenvalue weighted by atomic mass is 15.2. The molecule has 0 saturated carbocycles. The van der Waals surface area contributed by atoms with Crippen molar-refractivity contribution in [1.82, 2.24) is 0 Å². The number of nitrogens with zero attached hydrogens (tertiary/aromatic N) is 2. The van der Waals surface area contributed by atoms with E-state index < -0.39 is 0 Å². The van der Waals surface area contributed by atoms with Crippen molar-refractivity contribution in [1.29, 1.82) is 0 Å². The molecule has 51 heavy (non-hydrogen) atoms. The first kappa shape index (κ1) is 42.7. The fourth-order valence-corrected chi connectivity index (χ4v) is 7.61. The molecule has 1 aliphatic heterocycles. The Balaban J connectivity index is 1.48. The van der Waals surface area contributed by atoms with Crippen molar-refractivity contribution in [3.63, 3.8) is 0 Å². The van der Waals surface area contributed by atoms with Crippen molar-refractivity contribution < 1.29 is 4.70 Å². The van der Waals surface area contributed by atoms with Gasteiger partial charge in [-0.2, -0.15) is 0 Å². The molecule has 0 radical (unpaired) electrons. The van der Waals surface area contributed by atoms with E-state index in [0.29, 0.717) is 0 Å². The molecular formula is C49H76N2. The lowest BCUT2D eigenvalue weighted by molar-refractivity contribution is -0.344. The Hall–Kier alpha value is -2.74. The van der Waals surface area contributed by atoms with E-state index in [0.717, 1.165) is 47.4 Å². The minimum atomic E-state index is 0.881. The molecule has 0 spiro atoms. The lowest BCUT2D eigenvalue weighted by atomic mass is 10.0. The Labute approximate surface area is 315 Å². The SMILES string of the molecule is CCCCCCCCCCCCCCCCCCCC=CC1=C(c2cccc(CCCCCC)c2)[N+](=[N-])C(c2cccc(CCCCCC)c2)=C1. The largest absolute Gasteiger partial charge is 0.493 e. The molecule has 1 heterocycles. The van der Waals surface area contributed by atoms with Crippen molar-refractivity contribution in [3.05, 3.63) is 100 Å². The van der Waals surface area contributed by atoms with Gasteiger partial charge in [-0.3, -0.25) is 0 Å². The molecule has 0 fully saturated rings. The molecule has 282 valence electrons. The van der Waals surface area contributed by atoms with E-state index in [1.165, 1.54) is 176 Å². The van der Waals surface area contributed by atoms with E-state index >= 15 is 0 Å². The molecule has 0 atom stereocenters. The normalized spacial score (nSPS) is 13.2. The molecule has 0 bridgehead atoms. The minimum absolute atomic E-state index is 0.881. The van der Waals surface area contributed by atoms with Gasteiger partial charge in [-0.05, 0) is 73.9 Å². The van der Waals surface area contributed by atoms with E-state index in [9.17, 15) is 5.53 Å². The van der Waals surface area contributed by atoms with Crippen LogP contribution in [0.1, 0.15) is 210 Å². The van der Waals surface area contributed by atoms with Crippen molar-refractivity contribution in [2.45, 2.75) is 201 Å². The van der Waals surface area contributed by atoms with E-state index in [-0.39, 0.29) is 0 Å². The van der Waals surface area contributed by atoms with Crippen LogP contribution in [0, 0.1) is 0 Å². The third-order valence-corrected chi connectivity index (χ3v) is 10.8. The third kappa shape index (κ3) is 17.6. The summed E-state index contributed by atoms with van der Waals surface area (Å²) in [6.07, 6.45) is 44.1. The molecule has 0 aromatic heterocycles. The maximum Gasteiger partial charge on any atom is 0.214 e. The molecule has 2 heteroatoms. The highest BCUT2D eigenvalue weighted by Gasteiger charge is 2.28. The Morgan fingerprint density at radius 3 is 1.39 bits per heavy atom. The second-order valence-electron chi connectivity index (χ2n) is 15.5. The molecule has 0 aliphatic carbocycles. The smallest absolute Gasteiger partial charge is 0.214 e. The Morgan fingerprint density at radius 1 is 0.490 bits per heavy atom. The summed E-state index contributed by atoms with van der Waals surface area (Å²) in [7, 11) is 0. The Kier molecular flexibility index (Phi) is 23.3. The fourth-order valence-electron chi connectivity index (χ4n) is 7.61. The van der Waals surface area contributed by atoms with Gasteiger partial charge < -0.3 is 5.53 Å². The van der Waals surface area contributed by atoms with Crippen LogP contribution in [-0.2, 0) is 12.8 Å². The van der Waals surface area contributed by atoms with Gasteiger partial charge in [0, 0.05) is 17.2 Å². The summed E-state index contributed by atoms with van der Waals surface area (Å²) in [5, 5.41) is 0. The van der Waals surface area contributed by atoms with Gasteiger partial charge in [0.05, 0.1) is 5.57 Å². The highest BCUT2D eigenvalue weighted by molar-refractivity contribution is 5.80. The number of hydrogen-bond acceptors (Lipinski definition) is 0. The summed E-state index contributed by atoms with van der Waals surface area (Å²) in [6, 6.07) is 17.7. The van der Waals surface area contributed by atoms with Crippen LogP contribution in [0.4, 0.5) is 0 Å². The van der Waals surface area contributed by atoms with Crippen LogP contribution < -0.4 is 0 Å². The standard InChI is InChI=1S/C49H76N2/c1-4-7-10-13-14-15-16-17-18-19-20-21-22-23-24-25-26-27-30-37-47-42-48(45-38-31-35-43(40-45)33-28-11-8-5-2)51(50)49(47)46-39-32-36-44(41-46)34-29-12-9-6-3/h30-32,35-42H,4-29,33-34H2,1-3H3. The van der Waals surface area contributed by atoms with E-state index in [1.54, 1.807) is 0 Å². The van der Waals surface area contributed by atoms with Crippen molar-refractivity contribution in [3.8, 4) is 0 Å². The van der Waals surface area contributed by atoms with Gasteiger partial charge in [-0.1, -0.05) is 198 Å². The molecule has 3 rings (SSSR count). The number of aryl methyl sites for hydroxylation is 2. The number of allylic oxidation sites excluding steroid dienone is 4. The summed E-state index contributed by atoms with van der Waals surface area (Å²) >= 11 is 0. The predicted octanol–water partition coefficient (Wildman–Crippen LogP) is 16.3. The molecule has 2 aromatic carbocycles. The molecule has 2 aromatic rings. The number of hydrogen-bond donors (Lipinski definition) is 0. The van der Waals surface area contributed by atoms with Crippen molar-refractivity contribution >= 4 is 11.4 Å². The summed E-state index contributed by atoms with van der Waals surface area (Å²) in [5.74, 6) is 0. The topological polar surface area (TPSA) is 25.3 Å². The van der Waals surface area contributed by atoms with Crippen LogP contribution in [0.3, 0.4) is 0 Å². The molecule has 0 unspecified atom stereocenters. The summed E-state index contributed by atoms with van der Waals surface area (Å²) in [5.41, 5.74) is 19.5. The first-order chi connectivity index (χ1) is 25.2. The summed E-state index contributed by atoms with van der Waals surface area (Å²) < 4.78 is 1.46. The van der Waals surface area contributed by atoms with Gasteiger partial charge in [0.2, 0.25) is 11.4 Å². The lowest BCUT2D eigenvalue weighted by Crippen LogP contribution is -2.03. The van der Waals surface area contributed by atoms with Gasteiger partial charge in [0.15, 0.2) is 0 Å². The van der Waals surface area contributed by atoms with Crippen LogP contribution in [0.15, 0.2) is 72.3 Å². The monoisotopic (exact) mass is 693 g/mol. The summed E-state index contributed by atoms with van der Waals surface area (Å²) in [6.45, 7) is 6.84. The lowest BCUT2D eigenvalue weighted by Gasteiger charge is -2.11. The summed E-state index contributed by atoms with van der Waals surface area (Å²) in [4.78, 5) is 0. The highest BCUT2D eigenvalue weighted by Crippen LogP contribution is 2.36. The zero-order chi connectivity index (χ0) is 36.2. The minimum Gasteiger partial charge on any atom is -0.493 e. The van der Waals surface area contributed by atoms with Crippen LogP contribution in [0.25, 0.3) is 16.9 Å². The number of rotatable bonds is 31. The zero-order valence-electron chi connectivity index (χ0n) is 33.5. The second-order valence-corrected chi connectivity index (χ2v) is 15.5. The molecule has 1 aliphatic rings. The van der Waals surface area contributed by atoms with Crippen molar-refractivity contribution in [2.75, 3.05) is 0 Å². The van der Waals surface area contributed by atoms with Gasteiger partial charge in [-0.15, -0.1) is 0 Å². The van der Waals surface area contributed by atoms with Crippen LogP contribution in [0.2, 0.25) is 0 Å². The molecule has 0 N–H and O–H groups in total. The predicted molar refractivity (Wildman–Crippen MR) is 225 cm³/mol. The molecular weight excluding hydrogens is 617 g/mol. The molecule has 2 nitrogen and oxygen atoms in total.